The SMILES string of the molecule is NC(=O)Cc1cc(OS(=O)(=O)c2ccccc2)ccc1Br. The molecule has 7 heteroatoms. The van der Waals surface area contributed by atoms with E-state index in [4.69, 9.17) is 9.92 Å². The first-order valence-corrected chi connectivity index (χ1v) is 8.15. The minimum atomic E-state index is -3.90. The Bertz CT molecular complexity index is 760. The fourth-order valence-corrected chi connectivity index (χ4v) is 3.02. The van der Waals surface area contributed by atoms with Gasteiger partial charge in [-0.25, -0.2) is 0 Å². The van der Waals surface area contributed by atoms with Gasteiger partial charge in [-0.1, -0.05) is 34.1 Å². The summed E-state index contributed by atoms with van der Waals surface area (Å²) >= 11 is 3.27. The van der Waals surface area contributed by atoms with E-state index in [2.05, 4.69) is 15.9 Å². The van der Waals surface area contributed by atoms with Gasteiger partial charge >= 0.3 is 10.1 Å². The van der Waals surface area contributed by atoms with Crippen molar-refractivity contribution in [1.29, 1.82) is 0 Å². The Balaban J connectivity index is 2.30. The van der Waals surface area contributed by atoms with Crippen LogP contribution in [0.1, 0.15) is 5.56 Å². The van der Waals surface area contributed by atoms with Crippen molar-refractivity contribution >= 4 is 32.0 Å². The van der Waals surface area contributed by atoms with E-state index in [9.17, 15) is 13.2 Å². The summed E-state index contributed by atoms with van der Waals surface area (Å²) in [5, 5.41) is 0. The molecular formula is C14H12BrNO4S. The first-order valence-electron chi connectivity index (χ1n) is 5.95. The molecule has 0 unspecified atom stereocenters. The fourth-order valence-electron chi connectivity index (χ4n) is 1.69. The van der Waals surface area contributed by atoms with Crippen molar-refractivity contribution in [2.75, 3.05) is 0 Å². The van der Waals surface area contributed by atoms with Gasteiger partial charge < -0.3 is 9.92 Å². The van der Waals surface area contributed by atoms with Crippen LogP contribution in [0.15, 0.2) is 57.9 Å². The molecule has 2 rings (SSSR count). The lowest BCUT2D eigenvalue weighted by Crippen LogP contribution is -2.14. The summed E-state index contributed by atoms with van der Waals surface area (Å²) in [6.07, 6.45) is -0.0107. The molecular weight excluding hydrogens is 358 g/mol. The molecule has 2 aromatic rings. The monoisotopic (exact) mass is 369 g/mol. The van der Waals surface area contributed by atoms with Crippen molar-refractivity contribution in [3.63, 3.8) is 0 Å². The minimum Gasteiger partial charge on any atom is -0.379 e. The lowest BCUT2D eigenvalue weighted by atomic mass is 10.1. The Morgan fingerprint density at radius 2 is 1.81 bits per heavy atom. The van der Waals surface area contributed by atoms with E-state index in [0.717, 1.165) is 0 Å². The topological polar surface area (TPSA) is 86.5 Å². The van der Waals surface area contributed by atoms with E-state index in [-0.39, 0.29) is 17.1 Å². The maximum Gasteiger partial charge on any atom is 0.339 e. The summed E-state index contributed by atoms with van der Waals surface area (Å²) in [6.45, 7) is 0. The molecule has 0 aliphatic heterocycles. The zero-order valence-electron chi connectivity index (χ0n) is 10.8. The van der Waals surface area contributed by atoms with Crippen LogP contribution in [-0.4, -0.2) is 14.3 Å². The quantitative estimate of drug-likeness (QED) is 0.818. The maximum absolute atomic E-state index is 12.1. The first-order chi connectivity index (χ1) is 9.88. The fraction of sp³-hybridized carbons (Fsp3) is 0.0714. The van der Waals surface area contributed by atoms with Crippen LogP contribution in [-0.2, 0) is 21.3 Å². The normalized spacial score (nSPS) is 11.1. The van der Waals surface area contributed by atoms with Crippen molar-refractivity contribution < 1.29 is 17.4 Å². The number of carbonyl (C=O) groups excluding carboxylic acids is 1. The number of hydrogen-bond donors (Lipinski definition) is 1. The van der Waals surface area contributed by atoms with E-state index >= 15 is 0 Å². The number of carbonyl (C=O) groups is 1. The van der Waals surface area contributed by atoms with Crippen molar-refractivity contribution in [3.05, 3.63) is 58.6 Å². The van der Waals surface area contributed by atoms with Crippen LogP contribution in [0.25, 0.3) is 0 Å². The molecule has 0 fully saturated rings. The highest BCUT2D eigenvalue weighted by molar-refractivity contribution is 9.10. The van der Waals surface area contributed by atoms with Crippen LogP contribution in [0.3, 0.4) is 0 Å². The second kappa shape index (κ2) is 6.28. The zero-order valence-corrected chi connectivity index (χ0v) is 13.2. The number of primary amides is 1. The van der Waals surface area contributed by atoms with Gasteiger partial charge in [0.25, 0.3) is 0 Å². The highest BCUT2D eigenvalue weighted by Crippen LogP contribution is 2.25. The third-order valence-corrected chi connectivity index (χ3v) is 4.65. The lowest BCUT2D eigenvalue weighted by molar-refractivity contribution is -0.117. The van der Waals surface area contributed by atoms with Crippen molar-refractivity contribution in [1.82, 2.24) is 0 Å². The molecule has 1 amide bonds. The van der Waals surface area contributed by atoms with Gasteiger partial charge in [-0.15, -0.1) is 0 Å². The molecule has 0 aromatic heterocycles. The molecule has 0 saturated heterocycles. The van der Waals surface area contributed by atoms with E-state index in [1.54, 1.807) is 24.3 Å². The predicted molar refractivity (Wildman–Crippen MR) is 81.3 cm³/mol. The highest BCUT2D eigenvalue weighted by atomic mass is 79.9. The number of hydrogen-bond acceptors (Lipinski definition) is 4. The molecule has 0 saturated carbocycles. The summed E-state index contributed by atoms with van der Waals surface area (Å²) in [7, 11) is -3.90. The van der Waals surface area contributed by atoms with Crippen molar-refractivity contribution in [2.24, 2.45) is 5.73 Å². The summed E-state index contributed by atoms with van der Waals surface area (Å²) in [4.78, 5) is 11.0. The molecule has 0 radical (unpaired) electrons. The molecule has 0 aliphatic carbocycles. The number of benzene rings is 2. The first kappa shape index (κ1) is 15.5. The minimum absolute atomic E-state index is 0.0107. The molecule has 5 nitrogen and oxygen atoms in total. The van der Waals surface area contributed by atoms with Gasteiger partial charge in [0, 0.05) is 4.47 Å². The second-order valence-electron chi connectivity index (χ2n) is 4.25. The summed E-state index contributed by atoms with van der Waals surface area (Å²) in [6, 6.07) is 12.4. The zero-order chi connectivity index (χ0) is 15.5. The van der Waals surface area contributed by atoms with Crippen LogP contribution in [0.5, 0.6) is 5.75 Å². The van der Waals surface area contributed by atoms with E-state index in [1.807, 2.05) is 0 Å². The predicted octanol–water partition coefficient (Wildman–Crippen LogP) is 2.24. The van der Waals surface area contributed by atoms with Crippen LogP contribution in [0, 0.1) is 0 Å². The Kier molecular flexibility index (Phi) is 4.64. The number of amides is 1. The van der Waals surface area contributed by atoms with Crippen LogP contribution in [0.2, 0.25) is 0 Å². The Labute approximate surface area is 131 Å². The van der Waals surface area contributed by atoms with Crippen molar-refractivity contribution in [3.8, 4) is 5.75 Å². The molecule has 110 valence electrons. The molecule has 0 heterocycles. The van der Waals surface area contributed by atoms with Crippen molar-refractivity contribution in [2.45, 2.75) is 11.3 Å². The molecule has 0 aliphatic rings. The third-order valence-electron chi connectivity index (χ3n) is 2.62. The Hall–Kier alpha value is -1.86. The highest BCUT2D eigenvalue weighted by Gasteiger charge is 2.17. The second-order valence-corrected chi connectivity index (χ2v) is 6.65. The van der Waals surface area contributed by atoms with Crippen LogP contribution >= 0.6 is 15.9 Å². The van der Waals surface area contributed by atoms with E-state index in [0.29, 0.717) is 10.0 Å². The maximum atomic E-state index is 12.1. The molecule has 0 bridgehead atoms. The molecule has 2 aromatic carbocycles. The van der Waals surface area contributed by atoms with Gasteiger partial charge in [0.15, 0.2) is 0 Å². The molecule has 0 atom stereocenters. The molecule has 2 N–H and O–H groups in total. The van der Waals surface area contributed by atoms with Gasteiger partial charge in [-0.2, -0.15) is 8.42 Å². The smallest absolute Gasteiger partial charge is 0.339 e. The molecule has 21 heavy (non-hydrogen) atoms. The number of halogens is 1. The van der Waals surface area contributed by atoms with Gasteiger partial charge in [0.05, 0.1) is 6.42 Å². The van der Waals surface area contributed by atoms with Gasteiger partial charge in [-0.05, 0) is 35.9 Å². The van der Waals surface area contributed by atoms with E-state index in [1.165, 1.54) is 24.3 Å². The third kappa shape index (κ3) is 4.05. The number of nitrogens with two attached hydrogens (primary N) is 1. The van der Waals surface area contributed by atoms with Gasteiger partial charge in [-0.3, -0.25) is 4.79 Å². The van der Waals surface area contributed by atoms with Gasteiger partial charge in [0.2, 0.25) is 5.91 Å². The lowest BCUT2D eigenvalue weighted by Gasteiger charge is -2.09. The number of rotatable bonds is 5. The van der Waals surface area contributed by atoms with Gasteiger partial charge in [0.1, 0.15) is 10.6 Å². The summed E-state index contributed by atoms with van der Waals surface area (Å²) < 4.78 is 29.9. The average molecular weight is 370 g/mol. The average Bonchev–Trinajstić information content (AvgIpc) is 2.43. The Morgan fingerprint density at radius 1 is 1.14 bits per heavy atom. The van der Waals surface area contributed by atoms with E-state index < -0.39 is 16.0 Å². The van der Waals surface area contributed by atoms with Crippen LogP contribution in [0.4, 0.5) is 0 Å². The summed E-state index contributed by atoms with van der Waals surface area (Å²) in [5.74, 6) is -0.392. The summed E-state index contributed by atoms with van der Waals surface area (Å²) in [5.41, 5.74) is 5.70. The standard InChI is InChI=1S/C14H12BrNO4S/c15-13-7-6-11(8-10(13)9-14(16)17)20-21(18,19)12-4-2-1-3-5-12/h1-8H,9H2,(H2,16,17). The molecule has 0 spiro atoms. The Morgan fingerprint density at radius 3 is 2.43 bits per heavy atom. The largest absolute Gasteiger partial charge is 0.379 e. The van der Waals surface area contributed by atoms with Crippen LogP contribution < -0.4 is 9.92 Å².